The van der Waals surface area contributed by atoms with Crippen molar-refractivity contribution in [1.29, 1.82) is 0 Å². The standard InChI is InChI=1S/C22H17N3O3/c1-28-15-11-12-19-17(13-15)22(21(27)23-19)24-18-10-6-5-9-16(18)20(26)25(22)14-7-3-2-4-8-14/h2-13,24H,1H3,(H,23,27)/t22-/m1/s1. The van der Waals surface area contributed by atoms with Gasteiger partial charge in [0.2, 0.25) is 5.66 Å². The maximum absolute atomic E-state index is 13.6. The Bertz CT molecular complexity index is 1110. The van der Waals surface area contributed by atoms with Gasteiger partial charge in [0.05, 0.1) is 12.7 Å². The van der Waals surface area contributed by atoms with Crippen LogP contribution in [0.15, 0.2) is 72.8 Å². The summed E-state index contributed by atoms with van der Waals surface area (Å²) in [7, 11) is 1.57. The molecule has 0 fully saturated rings. The molecular weight excluding hydrogens is 354 g/mol. The molecule has 0 saturated heterocycles. The summed E-state index contributed by atoms with van der Waals surface area (Å²) in [6, 6.07) is 21.8. The number of anilines is 3. The van der Waals surface area contributed by atoms with Crippen molar-refractivity contribution in [3.8, 4) is 5.75 Å². The Morgan fingerprint density at radius 1 is 0.893 bits per heavy atom. The van der Waals surface area contributed by atoms with Crippen molar-refractivity contribution in [2.24, 2.45) is 0 Å². The van der Waals surface area contributed by atoms with Crippen molar-refractivity contribution in [1.82, 2.24) is 0 Å². The van der Waals surface area contributed by atoms with Crippen LogP contribution in [0.5, 0.6) is 5.75 Å². The molecule has 6 heteroatoms. The van der Waals surface area contributed by atoms with E-state index in [1.54, 1.807) is 31.4 Å². The molecule has 0 bridgehead atoms. The Kier molecular flexibility index (Phi) is 3.42. The molecule has 138 valence electrons. The van der Waals surface area contributed by atoms with Gasteiger partial charge in [0, 0.05) is 22.6 Å². The largest absolute Gasteiger partial charge is 0.497 e. The molecule has 0 saturated carbocycles. The first-order valence-corrected chi connectivity index (χ1v) is 8.92. The number of carbonyl (C=O) groups excluding carboxylic acids is 2. The zero-order valence-corrected chi connectivity index (χ0v) is 15.1. The number of hydrogen-bond acceptors (Lipinski definition) is 4. The van der Waals surface area contributed by atoms with Crippen LogP contribution in [0.2, 0.25) is 0 Å². The highest BCUT2D eigenvalue weighted by atomic mass is 16.5. The van der Waals surface area contributed by atoms with Crippen molar-refractivity contribution in [2.75, 3.05) is 22.6 Å². The van der Waals surface area contributed by atoms with Gasteiger partial charge in [-0.3, -0.25) is 14.5 Å². The smallest absolute Gasteiger partial charge is 0.276 e. The Balaban J connectivity index is 1.82. The third kappa shape index (κ3) is 2.08. The number of ether oxygens (including phenoxy) is 1. The van der Waals surface area contributed by atoms with Crippen LogP contribution < -0.4 is 20.3 Å². The Labute approximate surface area is 161 Å². The lowest BCUT2D eigenvalue weighted by molar-refractivity contribution is -0.119. The van der Waals surface area contributed by atoms with Gasteiger partial charge >= 0.3 is 0 Å². The average Bonchev–Trinajstić information content (AvgIpc) is 3.00. The first-order valence-electron chi connectivity index (χ1n) is 8.92. The normalized spacial score (nSPS) is 19.7. The van der Waals surface area contributed by atoms with Gasteiger partial charge in [-0.15, -0.1) is 0 Å². The van der Waals surface area contributed by atoms with Crippen molar-refractivity contribution < 1.29 is 14.3 Å². The highest BCUT2D eigenvalue weighted by Crippen LogP contribution is 2.48. The fourth-order valence-electron chi connectivity index (χ4n) is 3.93. The molecule has 3 aromatic rings. The maximum Gasteiger partial charge on any atom is 0.276 e. The van der Waals surface area contributed by atoms with Crippen LogP contribution in [-0.2, 0) is 10.5 Å². The predicted octanol–water partition coefficient (Wildman–Crippen LogP) is 3.57. The fraction of sp³-hybridized carbons (Fsp3) is 0.0909. The van der Waals surface area contributed by atoms with E-state index in [1.165, 1.54) is 4.90 Å². The minimum Gasteiger partial charge on any atom is -0.497 e. The van der Waals surface area contributed by atoms with Crippen LogP contribution in [0.25, 0.3) is 0 Å². The zero-order chi connectivity index (χ0) is 19.3. The molecule has 2 aliphatic rings. The number of para-hydroxylation sites is 2. The fourth-order valence-corrected chi connectivity index (χ4v) is 3.93. The van der Waals surface area contributed by atoms with Gasteiger partial charge < -0.3 is 15.4 Å². The molecule has 0 aromatic heterocycles. The molecule has 2 N–H and O–H groups in total. The van der Waals surface area contributed by atoms with Crippen LogP contribution in [-0.4, -0.2) is 18.9 Å². The minimum atomic E-state index is -1.41. The zero-order valence-electron chi connectivity index (χ0n) is 15.1. The molecule has 28 heavy (non-hydrogen) atoms. The second kappa shape index (κ2) is 5.85. The summed E-state index contributed by atoms with van der Waals surface area (Å²) in [4.78, 5) is 28.4. The molecule has 6 nitrogen and oxygen atoms in total. The Hall–Kier alpha value is -3.80. The second-order valence-electron chi connectivity index (χ2n) is 6.72. The second-order valence-corrected chi connectivity index (χ2v) is 6.72. The summed E-state index contributed by atoms with van der Waals surface area (Å²) in [5, 5.41) is 6.26. The van der Waals surface area contributed by atoms with E-state index in [-0.39, 0.29) is 11.8 Å². The molecular formula is C22H17N3O3. The molecule has 3 aromatic carbocycles. The SMILES string of the molecule is COc1ccc2c(c1)[C@]1(Nc3ccccc3C(=O)N1c1ccccc1)C(=O)N2. The van der Waals surface area contributed by atoms with E-state index < -0.39 is 5.66 Å². The van der Waals surface area contributed by atoms with Gasteiger partial charge in [0.1, 0.15) is 5.75 Å². The number of methoxy groups -OCH3 is 1. The highest BCUT2D eigenvalue weighted by Gasteiger charge is 2.57. The summed E-state index contributed by atoms with van der Waals surface area (Å²) in [5.41, 5.74) is 1.64. The molecule has 1 atom stereocenters. The number of fused-ring (bicyclic) bond motifs is 3. The van der Waals surface area contributed by atoms with Gasteiger partial charge in [-0.05, 0) is 42.5 Å². The molecule has 2 amide bonds. The molecule has 2 heterocycles. The molecule has 0 aliphatic carbocycles. The minimum absolute atomic E-state index is 0.244. The monoisotopic (exact) mass is 371 g/mol. The first-order chi connectivity index (χ1) is 13.6. The van der Waals surface area contributed by atoms with E-state index in [4.69, 9.17) is 4.74 Å². The number of nitrogens with one attached hydrogen (secondary N) is 2. The third-order valence-electron chi connectivity index (χ3n) is 5.22. The van der Waals surface area contributed by atoms with E-state index in [2.05, 4.69) is 10.6 Å². The summed E-state index contributed by atoms with van der Waals surface area (Å²) < 4.78 is 5.38. The Morgan fingerprint density at radius 2 is 1.64 bits per heavy atom. The van der Waals surface area contributed by atoms with Gasteiger partial charge in [0.15, 0.2) is 0 Å². The molecule has 0 unspecified atom stereocenters. The van der Waals surface area contributed by atoms with Crippen LogP contribution >= 0.6 is 0 Å². The number of amides is 2. The topological polar surface area (TPSA) is 70.7 Å². The van der Waals surface area contributed by atoms with E-state index in [9.17, 15) is 9.59 Å². The number of rotatable bonds is 2. The summed E-state index contributed by atoms with van der Waals surface area (Å²) in [6.45, 7) is 0. The highest BCUT2D eigenvalue weighted by molar-refractivity contribution is 6.22. The first kappa shape index (κ1) is 16.4. The molecule has 5 rings (SSSR count). The van der Waals surface area contributed by atoms with Gasteiger partial charge in [-0.2, -0.15) is 0 Å². The van der Waals surface area contributed by atoms with Crippen LogP contribution in [0.4, 0.5) is 17.1 Å². The van der Waals surface area contributed by atoms with E-state index in [0.717, 1.165) is 0 Å². The quantitative estimate of drug-likeness (QED) is 0.722. The summed E-state index contributed by atoms with van der Waals surface area (Å²) in [6.07, 6.45) is 0. The number of carbonyl (C=O) groups is 2. The van der Waals surface area contributed by atoms with Gasteiger partial charge in [-0.1, -0.05) is 30.3 Å². The number of hydrogen-bond donors (Lipinski definition) is 2. The lowest BCUT2D eigenvalue weighted by atomic mass is 9.92. The average molecular weight is 371 g/mol. The van der Waals surface area contributed by atoms with Crippen molar-refractivity contribution >= 4 is 28.9 Å². The number of benzene rings is 3. The van der Waals surface area contributed by atoms with Crippen molar-refractivity contribution in [2.45, 2.75) is 5.66 Å². The lowest BCUT2D eigenvalue weighted by Crippen LogP contribution is -2.61. The third-order valence-corrected chi connectivity index (χ3v) is 5.22. The maximum atomic E-state index is 13.6. The van der Waals surface area contributed by atoms with Crippen LogP contribution in [0.3, 0.4) is 0 Å². The van der Waals surface area contributed by atoms with Gasteiger partial charge in [-0.25, -0.2) is 0 Å². The number of nitrogens with zero attached hydrogens (tertiary/aromatic N) is 1. The van der Waals surface area contributed by atoms with Crippen molar-refractivity contribution in [3.05, 3.63) is 83.9 Å². The van der Waals surface area contributed by atoms with Crippen molar-refractivity contribution in [3.63, 3.8) is 0 Å². The van der Waals surface area contributed by atoms with E-state index in [1.807, 2.05) is 48.5 Å². The molecule has 0 radical (unpaired) electrons. The lowest BCUT2D eigenvalue weighted by Gasteiger charge is -2.44. The molecule has 2 aliphatic heterocycles. The Morgan fingerprint density at radius 3 is 2.43 bits per heavy atom. The van der Waals surface area contributed by atoms with Gasteiger partial charge in [0.25, 0.3) is 11.8 Å². The summed E-state index contributed by atoms with van der Waals surface area (Å²) >= 11 is 0. The molecule has 1 spiro atoms. The predicted molar refractivity (Wildman–Crippen MR) is 107 cm³/mol. The van der Waals surface area contributed by atoms with E-state index >= 15 is 0 Å². The van der Waals surface area contributed by atoms with Crippen LogP contribution in [0.1, 0.15) is 15.9 Å². The summed E-state index contributed by atoms with van der Waals surface area (Å²) in [5.74, 6) is 0.0459. The van der Waals surface area contributed by atoms with Crippen LogP contribution in [0, 0.1) is 0 Å². The van der Waals surface area contributed by atoms with E-state index in [0.29, 0.717) is 33.9 Å².